The Hall–Kier alpha value is -2.90. The molecule has 0 spiro atoms. The van der Waals surface area contributed by atoms with E-state index in [1.165, 1.54) is 25.7 Å². The van der Waals surface area contributed by atoms with Crippen molar-refractivity contribution in [1.29, 1.82) is 0 Å². The fourth-order valence-corrected chi connectivity index (χ4v) is 4.26. The molecule has 1 aromatic heterocycles. The lowest BCUT2D eigenvalue weighted by atomic mass is 9.98. The van der Waals surface area contributed by atoms with Crippen LogP contribution in [0.2, 0.25) is 10.0 Å². The summed E-state index contributed by atoms with van der Waals surface area (Å²) >= 11 is 12.1. The number of carbonyl (C=O) groups excluding carboxylic acids is 1. The van der Waals surface area contributed by atoms with Gasteiger partial charge in [-0.3, -0.25) is 4.79 Å². The van der Waals surface area contributed by atoms with Crippen LogP contribution in [-0.4, -0.2) is 27.1 Å². The van der Waals surface area contributed by atoms with E-state index in [0.29, 0.717) is 34.6 Å². The van der Waals surface area contributed by atoms with Gasteiger partial charge >= 0.3 is 11.9 Å². The van der Waals surface area contributed by atoms with E-state index in [2.05, 4.69) is 22.4 Å². The molecule has 0 bridgehead atoms. The van der Waals surface area contributed by atoms with Crippen molar-refractivity contribution in [3.05, 3.63) is 69.5 Å². The van der Waals surface area contributed by atoms with Crippen molar-refractivity contribution >= 4 is 35.1 Å². The van der Waals surface area contributed by atoms with Gasteiger partial charge in [0.25, 0.3) is 5.89 Å². The summed E-state index contributed by atoms with van der Waals surface area (Å²) in [6.07, 6.45) is 9.01. The van der Waals surface area contributed by atoms with Crippen molar-refractivity contribution in [3.8, 4) is 11.5 Å². The molecule has 1 amide bonds. The maximum absolute atomic E-state index is 11.9. The molecule has 2 N–H and O–H groups in total. The topological polar surface area (TPSA) is 105 Å². The zero-order valence-corrected chi connectivity index (χ0v) is 21.8. The van der Waals surface area contributed by atoms with E-state index < -0.39 is 17.9 Å². The van der Waals surface area contributed by atoms with Gasteiger partial charge in [0.15, 0.2) is 5.82 Å². The van der Waals surface area contributed by atoms with Crippen LogP contribution in [0.15, 0.2) is 47.0 Å². The van der Waals surface area contributed by atoms with Gasteiger partial charge in [0.2, 0.25) is 0 Å². The van der Waals surface area contributed by atoms with Gasteiger partial charge in [-0.1, -0.05) is 85.6 Å². The quantitative estimate of drug-likeness (QED) is 0.185. The molecule has 1 atom stereocenters. The van der Waals surface area contributed by atoms with Crippen LogP contribution in [0.3, 0.4) is 0 Å². The average molecular weight is 532 g/mol. The van der Waals surface area contributed by atoms with Crippen molar-refractivity contribution in [2.45, 2.75) is 70.8 Å². The summed E-state index contributed by atoms with van der Waals surface area (Å²) in [5.41, 5.74) is 2.45. The Morgan fingerprint density at radius 3 is 2.39 bits per heavy atom. The van der Waals surface area contributed by atoms with Gasteiger partial charge in [-0.25, -0.2) is 4.79 Å². The van der Waals surface area contributed by atoms with Gasteiger partial charge in [0.1, 0.15) is 0 Å². The van der Waals surface area contributed by atoms with Crippen LogP contribution in [-0.2, 0) is 22.4 Å². The second-order valence-corrected chi connectivity index (χ2v) is 9.59. The third-order valence-electron chi connectivity index (χ3n) is 5.99. The Bertz CT molecular complexity index is 1150. The first-order valence-electron chi connectivity index (χ1n) is 12.3. The predicted octanol–water partition coefficient (Wildman–Crippen LogP) is 6.82. The monoisotopic (exact) mass is 531 g/mol. The van der Waals surface area contributed by atoms with Crippen LogP contribution in [0.25, 0.3) is 11.5 Å². The summed E-state index contributed by atoms with van der Waals surface area (Å²) in [7, 11) is 0. The lowest BCUT2D eigenvalue weighted by Crippen LogP contribution is -2.34. The Balaban J connectivity index is 1.64. The lowest BCUT2D eigenvalue weighted by Gasteiger charge is -2.18. The van der Waals surface area contributed by atoms with Gasteiger partial charge in [-0.05, 0) is 54.7 Å². The van der Waals surface area contributed by atoms with Crippen LogP contribution in [0, 0.1) is 0 Å². The first-order valence-corrected chi connectivity index (χ1v) is 13.0. The first kappa shape index (κ1) is 27.7. The number of rotatable bonds is 13. The van der Waals surface area contributed by atoms with Gasteiger partial charge in [-0.2, -0.15) is 4.98 Å². The summed E-state index contributed by atoms with van der Waals surface area (Å²) in [6, 6.07) is 12.1. The number of nitrogens with zero attached hydrogens (tertiary/aromatic N) is 2. The molecule has 3 rings (SSSR count). The Kier molecular flexibility index (Phi) is 10.8. The molecule has 0 saturated heterocycles. The third kappa shape index (κ3) is 8.35. The molecule has 0 saturated carbocycles. The molecular weight excluding hydrogens is 501 g/mol. The Labute approximate surface area is 221 Å². The van der Waals surface area contributed by atoms with Gasteiger partial charge in [-0.15, -0.1) is 0 Å². The van der Waals surface area contributed by atoms with Gasteiger partial charge in [0, 0.05) is 12.0 Å². The molecule has 1 unspecified atom stereocenters. The summed E-state index contributed by atoms with van der Waals surface area (Å²) in [4.78, 5) is 27.5. The number of aromatic nitrogens is 2. The molecule has 0 aliphatic carbocycles. The number of amides is 1. The molecule has 7 nitrogen and oxygen atoms in total. The highest BCUT2D eigenvalue weighted by atomic mass is 35.5. The van der Waals surface area contributed by atoms with E-state index >= 15 is 0 Å². The molecule has 192 valence electrons. The van der Waals surface area contributed by atoms with Gasteiger partial charge < -0.3 is 14.9 Å². The highest BCUT2D eigenvalue weighted by Crippen LogP contribution is 2.27. The molecule has 3 aromatic rings. The fourth-order valence-electron chi connectivity index (χ4n) is 3.94. The number of nitrogens with one attached hydrogen (secondary N) is 1. The van der Waals surface area contributed by atoms with E-state index in [9.17, 15) is 9.59 Å². The van der Waals surface area contributed by atoms with E-state index in [1.54, 1.807) is 12.1 Å². The molecule has 1 heterocycles. The minimum atomic E-state index is -1.53. The van der Waals surface area contributed by atoms with Crippen molar-refractivity contribution < 1.29 is 19.2 Å². The van der Waals surface area contributed by atoms with E-state index in [0.717, 1.165) is 36.0 Å². The normalized spacial score (nSPS) is 11.9. The molecule has 36 heavy (non-hydrogen) atoms. The Morgan fingerprint density at radius 1 is 0.972 bits per heavy atom. The third-order valence-corrected chi connectivity index (χ3v) is 6.73. The molecule has 9 heteroatoms. The van der Waals surface area contributed by atoms with Crippen LogP contribution in [0.1, 0.15) is 74.9 Å². The summed E-state index contributed by atoms with van der Waals surface area (Å²) in [6.45, 7) is 2.21. The molecule has 0 fully saturated rings. The van der Waals surface area contributed by atoms with E-state index in [1.807, 2.05) is 30.3 Å². The van der Waals surface area contributed by atoms with Crippen LogP contribution < -0.4 is 5.32 Å². The highest BCUT2D eigenvalue weighted by molar-refractivity contribution is 6.42. The minimum Gasteiger partial charge on any atom is -0.474 e. The number of hydrogen-bond donors (Lipinski definition) is 2. The van der Waals surface area contributed by atoms with Crippen LogP contribution >= 0.6 is 23.2 Å². The van der Waals surface area contributed by atoms with Gasteiger partial charge in [0.05, 0.1) is 16.1 Å². The molecular formula is C27H31Cl2N3O4. The van der Waals surface area contributed by atoms with E-state index in [4.69, 9.17) is 32.8 Å². The average Bonchev–Trinajstić information content (AvgIpc) is 3.35. The second-order valence-electron chi connectivity index (χ2n) is 8.77. The standard InChI is InChI=1S/C27H31Cl2N3O4/c1-2-3-4-5-6-7-8-24-31-26(36-32-24)20-13-11-19(12-14-20)23(30-25(33)27(34)35)16-10-18-9-15-21(28)22(29)17-18/h9,11-15,17,23H,2-8,10,16H2,1H3,(H,30,33)(H,34,35). The maximum atomic E-state index is 11.9. The number of halogens is 2. The summed E-state index contributed by atoms with van der Waals surface area (Å²) in [5.74, 6) is -1.47. The largest absolute Gasteiger partial charge is 0.474 e. The SMILES string of the molecule is CCCCCCCCc1noc(-c2ccc(C(CCc3ccc(Cl)c(Cl)c3)NC(=O)C(=O)O)cc2)n1. The number of benzene rings is 2. The van der Waals surface area contributed by atoms with Crippen LogP contribution in [0.4, 0.5) is 0 Å². The van der Waals surface area contributed by atoms with Crippen molar-refractivity contribution in [2.24, 2.45) is 0 Å². The predicted molar refractivity (Wildman–Crippen MR) is 140 cm³/mol. The van der Waals surface area contributed by atoms with Crippen LogP contribution in [0.5, 0.6) is 0 Å². The zero-order valence-electron chi connectivity index (χ0n) is 20.3. The zero-order chi connectivity index (χ0) is 25.9. The molecule has 0 aliphatic rings. The molecule has 0 radical (unpaired) electrons. The number of aryl methyl sites for hydroxylation is 2. The van der Waals surface area contributed by atoms with Crippen molar-refractivity contribution in [1.82, 2.24) is 15.5 Å². The van der Waals surface area contributed by atoms with Crippen molar-refractivity contribution in [2.75, 3.05) is 0 Å². The number of carbonyl (C=O) groups is 2. The maximum Gasteiger partial charge on any atom is 0.394 e. The minimum absolute atomic E-state index is 0.435. The second kappa shape index (κ2) is 14.0. The number of carboxylic acids is 1. The highest BCUT2D eigenvalue weighted by Gasteiger charge is 2.20. The number of unbranched alkanes of at least 4 members (excludes halogenated alkanes) is 5. The smallest absolute Gasteiger partial charge is 0.394 e. The first-order chi connectivity index (χ1) is 17.4. The van der Waals surface area contributed by atoms with Crippen molar-refractivity contribution in [3.63, 3.8) is 0 Å². The molecule has 2 aromatic carbocycles. The fraction of sp³-hybridized carbons (Fsp3) is 0.407. The summed E-state index contributed by atoms with van der Waals surface area (Å²) in [5, 5.41) is 16.6. The molecule has 0 aliphatic heterocycles. The lowest BCUT2D eigenvalue weighted by molar-refractivity contribution is -0.150. The summed E-state index contributed by atoms with van der Waals surface area (Å²) < 4.78 is 5.44. The number of hydrogen-bond acceptors (Lipinski definition) is 5. The Morgan fingerprint density at radius 2 is 1.69 bits per heavy atom. The van der Waals surface area contributed by atoms with E-state index in [-0.39, 0.29) is 0 Å². The number of aliphatic carboxylic acids is 1. The number of carboxylic acid groups (broad SMARTS) is 1.